The van der Waals surface area contributed by atoms with Crippen LogP contribution in [0.1, 0.15) is 29.6 Å². The van der Waals surface area contributed by atoms with Crippen molar-refractivity contribution in [3.05, 3.63) is 40.7 Å². The Kier molecular flexibility index (Phi) is 6.29. The number of ether oxygens (including phenoxy) is 1. The molecule has 7 nitrogen and oxygen atoms in total. The quantitative estimate of drug-likeness (QED) is 0.546. The van der Waals surface area contributed by atoms with E-state index in [2.05, 4.69) is 27.4 Å². The molecule has 8 heteroatoms. The van der Waals surface area contributed by atoms with Gasteiger partial charge in [0, 0.05) is 37.3 Å². The maximum absolute atomic E-state index is 5.49. The summed E-state index contributed by atoms with van der Waals surface area (Å²) in [6.45, 7) is 8.15. The molecule has 5 rings (SSSR count). The molecule has 164 valence electrons. The van der Waals surface area contributed by atoms with Crippen LogP contribution in [0.5, 0.6) is 0 Å². The molecule has 3 aromatic rings. The van der Waals surface area contributed by atoms with Gasteiger partial charge in [0.1, 0.15) is 22.3 Å². The maximum atomic E-state index is 5.49. The zero-order chi connectivity index (χ0) is 21.0. The van der Waals surface area contributed by atoms with Gasteiger partial charge in [-0.15, -0.1) is 11.3 Å². The van der Waals surface area contributed by atoms with Crippen LogP contribution in [0.4, 0.5) is 11.6 Å². The van der Waals surface area contributed by atoms with Crippen LogP contribution in [-0.2, 0) is 24.1 Å². The molecular weight excluding hydrogens is 408 g/mol. The monoisotopic (exact) mass is 438 g/mol. The van der Waals surface area contributed by atoms with Gasteiger partial charge in [-0.1, -0.05) is 13.0 Å². The Balaban J connectivity index is 1.37. The van der Waals surface area contributed by atoms with Crippen molar-refractivity contribution in [2.75, 3.05) is 50.0 Å². The number of morpholine rings is 1. The summed E-state index contributed by atoms with van der Waals surface area (Å²) in [5, 5.41) is 8.22. The van der Waals surface area contributed by atoms with Gasteiger partial charge in [-0.05, 0) is 42.9 Å². The Hall–Kier alpha value is -2.29. The minimum atomic E-state index is 0.750. The summed E-state index contributed by atoms with van der Waals surface area (Å²) < 4.78 is 5.49. The van der Waals surface area contributed by atoms with Crippen molar-refractivity contribution < 1.29 is 4.74 Å². The first kappa shape index (κ1) is 20.6. The average Bonchev–Trinajstić information content (AvgIpc) is 3.15. The van der Waals surface area contributed by atoms with Crippen LogP contribution >= 0.6 is 11.3 Å². The van der Waals surface area contributed by atoms with Crippen molar-refractivity contribution in [2.24, 2.45) is 5.92 Å². The highest BCUT2D eigenvalue weighted by atomic mass is 32.1. The number of hydrogen-bond donors (Lipinski definition) is 2. The Bertz CT molecular complexity index is 1020. The number of hydrogen-bond acceptors (Lipinski definition) is 8. The third-order valence-electron chi connectivity index (χ3n) is 6.06. The molecule has 1 aliphatic carbocycles. The van der Waals surface area contributed by atoms with Crippen LogP contribution in [0.25, 0.3) is 10.2 Å². The molecule has 0 bridgehead atoms. The van der Waals surface area contributed by atoms with E-state index in [0.29, 0.717) is 0 Å². The van der Waals surface area contributed by atoms with E-state index in [0.717, 1.165) is 87.0 Å². The fraction of sp³-hybridized carbons (Fsp3) is 0.522. The molecule has 0 radical (unpaired) electrons. The van der Waals surface area contributed by atoms with E-state index < -0.39 is 0 Å². The number of pyridine rings is 1. The second kappa shape index (κ2) is 9.46. The van der Waals surface area contributed by atoms with Crippen LogP contribution in [0.3, 0.4) is 0 Å². The van der Waals surface area contributed by atoms with Crippen LogP contribution in [0.2, 0.25) is 0 Å². The Morgan fingerprint density at radius 2 is 2.03 bits per heavy atom. The minimum absolute atomic E-state index is 0.750. The van der Waals surface area contributed by atoms with Gasteiger partial charge in [0.2, 0.25) is 0 Å². The van der Waals surface area contributed by atoms with Gasteiger partial charge >= 0.3 is 0 Å². The molecule has 4 heterocycles. The zero-order valence-corrected chi connectivity index (χ0v) is 18.9. The van der Waals surface area contributed by atoms with E-state index in [9.17, 15) is 0 Å². The van der Waals surface area contributed by atoms with Crippen LogP contribution in [-0.4, -0.2) is 59.2 Å². The molecule has 0 aromatic carbocycles. The molecule has 2 N–H and O–H groups in total. The standard InChI is InChI=1S/C23H30N6OS/c1-16-5-6-17-18(14-16)31-23-21(17)22(26-9-8-25-19-4-2-3-7-24-19)27-20(28-23)15-29-10-12-30-13-11-29/h2-4,7,16H,5-6,8-15H2,1H3,(H,24,25)(H,26,27,28)/t16-/m0/s1. The van der Waals surface area contributed by atoms with E-state index >= 15 is 0 Å². The Labute approximate surface area is 187 Å². The molecule has 1 fully saturated rings. The van der Waals surface area contributed by atoms with E-state index in [1.807, 2.05) is 29.5 Å². The van der Waals surface area contributed by atoms with Gasteiger partial charge in [-0.2, -0.15) is 0 Å². The van der Waals surface area contributed by atoms with Gasteiger partial charge in [-0.25, -0.2) is 15.0 Å². The summed E-state index contributed by atoms with van der Waals surface area (Å²) in [4.78, 5) is 19.3. The van der Waals surface area contributed by atoms with E-state index in [1.165, 1.54) is 22.2 Å². The number of nitrogens with one attached hydrogen (secondary N) is 2. The number of thiophene rings is 1. The number of fused-ring (bicyclic) bond motifs is 3. The molecule has 1 atom stereocenters. The molecule has 3 aromatic heterocycles. The van der Waals surface area contributed by atoms with Crippen molar-refractivity contribution >= 4 is 33.2 Å². The van der Waals surface area contributed by atoms with Crippen molar-refractivity contribution in [1.82, 2.24) is 19.9 Å². The predicted molar refractivity (Wildman–Crippen MR) is 126 cm³/mol. The summed E-state index contributed by atoms with van der Waals surface area (Å²) in [6, 6.07) is 5.91. The SMILES string of the molecule is C[C@H]1CCc2c(sc3nc(CN4CCOCC4)nc(NCCNc4ccccn4)c23)C1. The highest BCUT2D eigenvalue weighted by Gasteiger charge is 2.24. The third-order valence-corrected chi connectivity index (χ3v) is 7.21. The smallest absolute Gasteiger partial charge is 0.146 e. The second-order valence-corrected chi connectivity index (χ2v) is 9.56. The minimum Gasteiger partial charge on any atom is -0.379 e. The van der Waals surface area contributed by atoms with E-state index in [1.54, 1.807) is 6.20 Å². The lowest BCUT2D eigenvalue weighted by Gasteiger charge is -2.26. The average molecular weight is 439 g/mol. The molecule has 1 aliphatic heterocycles. The van der Waals surface area contributed by atoms with Crippen molar-refractivity contribution in [3.63, 3.8) is 0 Å². The maximum Gasteiger partial charge on any atom is 0.146 e. The number of rotatable bonds is 7. The molecule has 0 amide bonds. The largest absolute Gasteiger partial charge is 0.379 e. The number of aromatic nitrogens is 3. The highest BCUT2D eigenvalue weighted by molar-refractivity contribution is 7.19. The fourth-order valence-corrected chi connectivity index (χ4v) is 5.78. The van der Waals surface area contributed by atoms with Gasteiger partial charge in [0.25, 0.3) is 0 Å². The number of nitrogens with zero attached hydrogens (tertiary/aromatic N) is 4. The molecule has 2 aliphatic rings. The lowest BCUT2D eigenvalue weighted by Crippen LogP contribution is -2.36. The summed E-state index contributed by atoms with van der Waals surface area (Å²) in [5.74, 6) is 3.54. The lowest BCUT2D eigenvalue weighted by atomic mass is 9.89. The van der Waals surface area contributed by atoms with E-state index in [-0.39, 0.29) is 0 Å². The molecular formula is C23H30N6OS. The van der Waals surface area contributed by atoms with Crippen LogP contribution in [0, 0.1) is 5.92 Å². The highest BCUT2D eigenvalue weighted by Crippen LogP contribution is 2.40. The van der Waals surface area contributed by atoms with E-state index in [4.69, 9.17) is 14.7 Å². The summed E-state index contributed by atoms with van der Waals surface area (Å²) in [5.41, 5.74) is 1.47. The molecule has 0 saturated carbocycles. The Morgan fingerprint density at radius 1 is 1.16 bits per heavy atom. The van der Waals surface area contributed by atoms with Crippen molar-refractivity contribution in [3.8, 4) is 0 Å². The first-order valence-corrected chi connectivity index (χ1v) is 12.1. The Morgan fingerprint density at radius 3 is 2.87 bits per heavy atom. The second-order valence-electron chi connectivity index (χ2n) is 8.48. The fourth-order valence-electron chi connectivity index (χ4n) is 4.38. The molecule has 0 unspecified atom stereocenters. The lowest BCUT2D eigenvalue weighted by molar-refractivity contribution is 0.0331. The number of anilines is 2. The predicted octanol–water partition coefficient (Wildman–Crippen LogP) is 3.57. The topological polar surface area (TPSA) is 75.2 Å². The zero-order valence-electron chi connectivity index (χ0n) is 18.1. The van der Waals surface area contributed by atoms with Crippen LogP contribution in [0.15, 0.2) is 24.4 Å². The summed E-state index contributed by atoms with van der Waals surface area (Å²) in [7, 11) is 0. The molecule has 31 heavy (non-hydrogen) atoms. The molecule has 1 saturated heterocycles. The van der Waals surface area contributed by atoms with Gasteiger partial charge < -0.3 is 15.4 Å². The first-order chi connectivity index (χ1) is 15.3. The normalized spacial score (nSPS) is 19.3. The molecule has 0 spiro atoms. The van der Waals surface area contributed by atoms with Crippen molar-refractivity contribution in [2.45, 2.75) is 32.7 Å². The number of aryl methyl sites for hydroxylation is 1. The first-order valence-electron chi connectivity index (χ1n) is 11.3. The third kappa shape index (κ3) is 4.81. The van der Waals surface area contributed by atoms with Crippen LogP contribution < -0.4 is 10.6 Å². The summed E-state index contributed by atoms with van der Waals surface area (Å²) >= 11 is 1.87. The van der Waals surface area contributed by atoms with Crippen molar-refractivity contribution in [1.29, 1.82) is 0 Å². The van der Waals surface area contributed by atoms with Gasteiger partial charge in [-0.3, -0.25) is 4.90 Å². The van der Waals surface area contributed by atoms with Gasteiger partial charge in [0.15, 0.2) is 0 Å². The summed E-state index contributed by atoms with van der Waals surface area (Å²) in [6.07, 6.45) is 5.34. The van der Waals surface area contributed by atoms with Gasteiger partial charge in [0.05, 0.1) is 25.1 Å².